The zero-order chi connectivity index (χ0) is 16.3. The number of ether oxygens (including phenoxy) is 1. The van der Waals surface area contributed by atoms with Gasteiger partial charge in [0.25, 0.3) is 0 Å². The van der Waals surface area contributed by atoms with Gasteiger partial charge >= 0.3 is 6.36 Å². The second-order valence-electron chi connectivity index (χ2n) is 5.78. The monoisotopic (exact) mass is 321 g/mol. The van der Waals surface area contributed by atoms with Crippen LogP contribution in [0.1, 0.15) is 23.1 Å². The summed E-state index contributed by atoms with van der Waals surface area (Å²) in [5.41, 5.74) is 3.60. The first-order chi connectivity index (χ1) is 11.0. The predicted octanol–water partition coefficient (Wildman–Crippen LogP) is 4.53. The summed E-state index contributed by atoms with van der Waals surface area (Å²) in [7, 11) is 0. The highest BCUT2D eigenvalue weighted by atomic mass is 19.4. The molecule has 0 atom stereocenters. The number of fused-ring (bicyclic) bond motifs is 1. The van der Waals surface area contributed by atoms with E-state index in [1.807, 2.05) is 6.07 Å². The lowest BCUT2D eigenvalue weighted by Gasteiger charge is -2.15. The molecule has 1 aliphatic heterocycles. The molecule has 0 N–H and O–H groups in total. The Morgan fingerprint density at radius 2 is 1.65 bits per heavy atom. The maximum absolute atomic E-state index is 12.2. The predicted molar refractivity (Wildman–Crippen MR) is 82.0 cm³/mol. The molecule has 0 aliphatic carbocycles. The van der Waals surface area contributed by atoms with Gasteiger partial charge in [-0.1, -0.05) is 36.4 Å². The molecule has 0 aromatic heterocycles. The van der Waals surface area contributed by atoms with Gasteiger partial charge in [0, 0.05) is 13.1 Å². The lowest BCUT2D eigenvalue weighted by Crippen LogP contribution is -2.18. The summed E-state index contributed by atoms with van der Waals surface area (Å²) in [5, 5.41) is 0. The van der Waals surface area contributed by atoms with Gasteiger partial charge in [0.2, 0.25) is 0 Å². The Morgan fingerprint density at radius 3 is 2.30 bits per heavy atom. The van der Waals surface area contributed by atoms with Crippen LogP contribution in [0.15, 0.2) is 48.5 Å². The van der Waals surface area contributed by atoms with Crippen LogP contribution in [0.5, 0.6) is 5.75 Å². The number of aryl methyl sites for hydroxylation is 1. The fraction of sp³-hybridized carbons (Fsp3) is 0.333. The second kappa shape index (κ2) is 6.62. The number of nitrogens with zero attached hydrogens (tertiary/aromatic N) is 1. The van der Waals surface area contributed by atoms with E-state index >= 15 is 0 Å². The lowest BCUT2D eigenvalue weighted by atomic mass is 10.1. The largest absolute Gasteiger partial charge is 0.573 e. The summed E-state index contributed by atoms with van der Waals surface area (Å²) in [4.78, 5) is 2.36. The number of halogens is 3. The maximum atomic E-state index is 12.2. The molecular weight excluding hydrogens is 303 g/mol. The highest BCUT2D eigenvalue weighted by Gasteiger charge is 2.31. The minimum absolute atomic E-state index is 0.149. The lowest BCUT2D eigenvalue weighted by molar-refractivity contribution is -0.274. The summed E-state index contributed by atoms with van der Waals surface area (Å²) in [6.45, 7) is 2.83. The Bertz CT molecular complexity index is 644. The van der Waals surface area contributed by atoms with E-state index in [-0.39, 0.29) is 5.75 Å². The van der Waals surface area contributed by atoms with Gasteiger partial charge in [-0.3, -0.25) is 4.90 Å². The fourth-order valence-corrected chi connectivity index (χ4v) is 2.97. The van der Waals surface area contributed by atoms with Gasteiger partial charge in [0.05, 0.1) is 0 Å². The van der Waals surface area contributed by atoms with Crippen LogP contribution in [-0.2, 0) is 19.5 Å². The Labute approximate surface area is 133 Å². The van der Waals surface area contributed by atoms with E-state index in [0.717, 1.165) is 38.0 Å². The Morgan fingerprint density at radius 1 is 0.957 bits per heavy atom. The van der Waals surface area contributed by atoms with Gasteiger partial charge in [0.1, 0.15) is 5.75 Å². The maximum Gasteiger partial charge on any atom is 0.573 e. The van der Waals surface area contributed by atoms with Crippen molar-refractivity contribution in [1.82, 2.24) is 4.90 Å². The van der Waals surface area contributed by atoms with Crippen LogP contribution in [0.4, 0.5) is 13.2 Å². The topological polar surface area (TPSA) is 12.5 Å². The molecule has 1 heterocycles. The number of alkyl halides is 3. The molecule has 23 heavy (non-hydrogen) atoms. The normalized spacial score (nSPS) is 14.7. The average Bonchev–Trinajstić information content (AvgIpc) is 2.88. The summed E-state index contributed by atoms with van der Waals surface area (Å²) in [6, 6.07) is 14.6. The van der Waals surface area contributed by atoms with Gasteiger partial charge in [-0.25, -0.2) is 0 Å². The second-order valence-corrected chi connectivity index (χ2v) is 5.78. The van der Waals surface area contributed by atoms with E-state index in [2.05, 4.69) is 33.9 Å². The minimum Gasteiger partial charge on any atom is -0.406 e. The molecule has 0 saturated heterocycles. The van der Waals surface area contributed by atoms with Crippen molar-refractivity contribution in [3.05, 3.63) is 65.2 Å². The molecular formula is C18H18F3NO. The van der Waals surface area contributed by atoms with Crippen LogP contribution in [-0.4, -0.2) is 17.8 Å². The fourth-order valence-electron chi connectivity index (χ4n) is 2.97. The summed E-state index contributed by atoms with van der Waals surface area (Å²) < 4.78 is 40.6. The van der Waals surface area contributed by atoms with Crippen molar-refractivity contribution >= 4 is 0 Å². The molecule has 0 fully saturated rings. The van der Waals surface area contributed by atoms with Gasteiger partial charge in [-0.15, -0.1) is 13.2 Å². The van der Waals surface area contributed by atoms with Crippen molar-refractivity contribution in [2.75, 3.05) is 6.54 Å². The van der Waals surface area contributed by atoms with Crippen LogP contribution >= 0.6 is 0 Å². The van der Waals surface area contributed by atoms with E-state index in [1.54, 1.807) is 6.07 Å². The first-order valence-corrected chi connectivity index (χ1v) is 7.63. The number of hydrogen-bond acceptors (Lipinski definition) is 2. The Kier molecular flexibility index (Phi) is 4.57. The van der Waals surface area contributed by atoms with Gasteiger partial charge < -0.3 is 4.74 Å². The molecule has 0 saturated carbocycles. The SMILES string of the molecule is FC(F)(F)Oc1cccc(CCCN2Cc3ccccc3C2)c1. The van der Waals surface area contributed by atoms with E-state index in [9.17, 15) is 13.2 Å². The molecule has 0 bridgehead atoms. The smallest absolute Gasteiger partial charge is 0.406 e. The van der Waals surface area contributed by atoms with E-state index in [0.29, 0.717) is 0 Å². The van der Waals surface area contributed by atoms with Crippen LogP contribution in [0.2, 0.25) is 0 Å². The Hall–Kier alpha value is -2.01. The third-order valence-corrected chi connectivity index (χ3v) is 3.98. The molecule has 0 spiro atoms. The van der Waals surface area contributed by atoms with Crippen LogP contribution in [0, 0.1) is 0 Å². The molecule has 2 aromatic rings. The number of rotatable bonds is 5. The van der Waals surface area contributed by atoms with Crippen molar-refractivity contribution in [2.45, 2.75) is 32.3 Å². The molecule has 2 nitrogen and oxygen atoms in total. The van der Waals surface area contributed by atoms with Gasteiger partial charge in [-0.2, -0.15) is 0 Å². The first kappa shape index (κ1) is 15.9. The molecule has 122 valence electrons. The zero-order valence-electron chi connectivity index (χ0n) is 12.6. The highest BCUT2D eigenvalue weighted by molar-refractivity contribution is 5.30. The van der Waals surface area contributed by atoms with E-state index in [1.165, 1.54) is 23.3 Å². The number of hydrogen-bond donors (Lipinski definition) is 0. The highest BCUT2D eigenvalue weighted by Crippen LogP contribution is 2.25. The molecule has 5 heteroatoms. The third-order valence-electron chi connectivity index (χ3n) is 3.98. The van der Waals surface area contributed by atoms with Crippen LogP contribution < -0.4 is 4.74 Å². The summed E-state index contributed by atoms with van der Waals surface area (Å²) in [5.74, 6) is -0.149. The van der Waals surface area contributed by atoms with Crippen LogP contribution in [0.25, 0.3) is 0 Å². The number of benzene rings is 2. The third kappa shape index (κ3) is 4.48. The first-order valence-electron chi connectivity index (χ1n) is 7.63. The molecule has 3 rings (SSSR count). The van der Waals surface area contributed by atoms with E-state index < -0.39 is 6.36 Å². The van der Waals surface area contributed by atoms with Crippen molar-refractivity contribution in [3.63, 3.8) is 0 Å². The Balaban J connectivity index is 1.49. The minimum atomic E-state index is -4.64. The van der Waals surface area contributed by atoms with Crippen molar-refractivity contribution in [3.8, 4) is 5.75 Å². The molecule has 0 radical (unpaired) electrons. The standard InChI is InChI=1S/C18H18F3NO/c19-18(20,21)23-17-9-3-5-14(11-17)6-4-10-22-12-15-7-1-2-8-16(15)13-22/h1-3,5,7-9,11H,4,6,10,12-13H2. The summed E-state index contributed by atoms with van der Waals surface area (Å²) >= 11 is 0. The summed E-state index contributed by atoms with van der Waals surface area (Å²) in [6.07, 6.45) is -2.99. The molecule has 1 aliphatic rings. The van der Waals surface area contributed by atoms with Crippen molar-refractivity contribution in [2.24, 2.45) is 0 Å². The van der Waals surface area contributed by atoms with Crippen molar-refractivity contribution in [1.29, 1.82) is 0 Å². The molecule has 0 unspecified atom stereocenters. The zero-order valence-corrected chi connectivity index (χ0v) is 12.6. The molecule has 0 amide bonds. The van der Waals surface area contributed by atoms with Crippen molar-refractivity contribution < 1.29 is 17.9 Å². The average molecular weight is 321 g/mol. The quantitative estimate of drug-likeness (QED) is 0.802. The van der Waals surface area contributed by atoms with Gasteiger partial charge in [-0.05, 0) is 48.2 Å². The van der Waals surface area contributed by atoms with Gasteiger partial charge in [0.15, 0.2) is 0 Å². The van der Waals surface area contributed by atoms with E-state index in [4.69, 9.17) is 0 Å². The molecule has 2 aromatic carbocycles. The van der Waals surface area contributed by atoms with Crippen LogP contribution in [0.3, 0.4) is 0 Å².